The van der Waals surface area contributed by atoms with E-state index in [2.05, 4.69) is 63.6 Å². The van der Waals surface area contributed by atoms with E-state index in [-0.39, 0.29) is 23.9 Å². The predicted molar refractivity (Wildman–Crippen MR) is 90.6 cm³/mol. The van der Waals surface area contributed by atoms with Crippen LogP contribution < -0.4 is 10.4 Å². The van der Waals surface area contributed by atoms with Gasteiger partial charge in [0.05, 0.1) is 11.2 Å². The molecule has 0 unspecified atom stereocenters. The topological polar surface area (TPSA) is 34.6 Å². The third kappa shape index (κ3) is 2.54. The van der Waals surface area contributed by atoms with Crippen LogP contribution >= 0.6 is 0 Å². The molecule has 4 nitrogen and oxygen atoms in total. The molecular weight excluding hydrogens is 275 g/mol. The number of aromatic nitrogens is 1. The fourth-order valence-corrected chi connectivity index (χ4v) is 3.21. The molecule has 2 aliphatic heterocycles. The highest BCUT2D eigenvalue weighted by atomic mass is 16.7. The summed E-state index contributed by atoms with van der Waals surface area (Å²) < 4.78 is 12.2. The van der Waals surface area contributed by atoms with Crippen molar-refractivity contribution in [2.24, 2.45) is 0 Å². The average Bonchev–Trinajstić information content (AvgIpc) is 2.86. The zero-order valence-electron chi connectivity index (χ0n) is 14.6. The molecule has 22 heavy (non-hydrogen) atoms. The first-order valence-corrected chi connectivity index (χ1v) is 8.22. The van der Waals surface area contributed by atoms with Gasteiger partial charge in [-0.05, 0) is 60.5 Å². The van der Waals surface area contributed by atoms with Crippen molar-refractivity contribution in [2.75, 3.05) is 11.4 Å². The predicted octanol–water partition coefficient (Wildman–Crippen LogP) is 2.76. The van der Waals surface area contributed by atoms with Gasteiger partial charge in [-0.15, -0.1) is 0 Å². The Hall–Kier alpha value is -1.07. The Morgan fingerprint density at radius 2 is 1.68 bits per heavy atom. The number of pyridine rings is 1. The fourth-order valence-electron chi connectivity index (χ4n) is 3.21. The molecule has 2 fully saturated rings. The van der Waals surface area contributed by atoms with Crippen LogP contribution in [0.25, 0.3) is 0 Å². The summed E-state index contributed by atoms with van der Waals surface area (Å²) in [4.78, 5) is 7.05. The minimum absolute atomic E-state index is 0.193. The van der Waals surface area contributed by atoms with Crippen molar-refractivity contribution >= 4 is 18.4 Å². The Morgan fingerprint density at radius 1 is 1.05 bits per heavy atom. The molecular formula is C17H27BN2O2. The molecule has 2 aliphatic rings. The first-order chi connectivity index (χ1) is 10.1. The minimum atomic E-state index is -0.335. The van der Waals surface area contributed by atoms with Gasteiger partial charge in [0.1, 0.15) is 5.82 Å². The van der Waals surface area contributed by atoms with Crippen molar-refractivity contribution in [3.05, 3.63) is 18.3 Å². The van der Waals surface area contributed by atoms with Crippen LogP contribution in [0, 0.1) is 0 Å². The van der Waals surface area contributed by atoms with Crippen LogP contribution in [0.3, 0.4) is 0 Å². The minimum Gasteiger partial charge on any atom is -0.399 e. The van der Waals surface area contributed by atoms with Gasteiger partial charge in [-0.25, -0.2) is 4.98 Å². The molecule has 3 heterocycles. The highest BCUT2D eigenvalue weighted by Crippen LogP contribution is 2.36. The number of hydrogen-bond donors (Lipinski definition) is 0. The van der Waals surface area contributed by atoms with E-state index in [1.807, 2.05) is 6.20 Å². The molecule has 2 saturated heterocycles. The van der Waals surface area contributed by atoms with Gasteiger partial charge < -0.3 is 14.2 Å². The Bertz CT molecular complexity index is 538. The summed E-state index contributed by atoms with van der Waals surface area (Å²) in [6.45, 7) is 13.9. The van der Waals surface area contributed by atoms with E-state index >= 15 is 0 Å². The Balaban J connectivity index is 1.79. The van der Waals surface area contributed by atoms with Crippen molar-refractivity contribution in [3.63, 3.8) is 0 Å². The number of nitrogens with zero attached hydrogens (tertiary/aromatic N) is 2. The standard InChI is InChI=1S/C17H27BN2O2/c1-15(2)10-7-11-20(15)14-9-8-13(12-19-14)18-21-16(3,4)17(5,6)22-18/h8-9,12H,7,10-11H2,1-6H3. The van der Waals surface area contributed by atoms with Crippen LogP contribution in [0.5, 0.6) is 0 Å². The molecule has 0 atom stereocenters. The van der Waals surface area contributed by atoms with Gasteiger partial charge in [0.25, 0.3) is 0 Å². The van der Waals surface area contributed by atoms with Crippen LogP contribution in [-0.2, 0) is 9.31 Å². The molecule has 0 aromatic carbocycles. The lowest BCUT2D eigenvalue weighted by atomic mass is 9.80. The van der Waals surface area contributed by atoms with Crippen LogP contribution in [-0.4, -0.2) is 35.4 Å². The molecule has 1 aromatic heterocycles. The third-order valence-electron chi connectivity index (χ3n) is 5.47. The fraction of sp³-hybridized carbons (Fsp3) is 0.706. The van der Waals surface area contributed by atoms with Crippen molar-refractivity contribution in [3.8, 4) is 0 Å². The van der Waals surface area contributed by atoms with Crippen LogP contribution in [0.2, 0.25) is 0 Å². The average molecular weight is 302 g/mol. The van der Waals surface area contributed by atoms with Gasteiger partial charge in [0.15, 0.2) is 0 Å². The quantitative estimate of drug-likeness (QED) is 0.787. The number of anilines is 1. The Morgan fingerprint density at radius 3 is 2.14 bits per heavy atom. The number of hydrogen-bond acceptors (Lipinski definition) is 4. The normalized spacial score (nSPS) is 25.7. The smallest absolute Gasteiger partial charge is 0.399 e. The van der Waals surface area contributed by atoms with Gasteiger partial charge in [-0.3, -0.25) is 0 Å². The monoisotopic (exact) mass is 302 g/mol. The SMILES string of the molecule is CC1(C)CCCN1c1ccc(B2OC(C)(C)C(C)(C)O2)cn1. The Kier molecular flexibility index (Phi) is 3.57. The summed E-state index contributed by atoms with van der Waals surface area (Å²) >= 11 is 0. The van der Waals surface area contributed by atoms with E-state index in [1.165, 1.54) is 12.8 Å². The largest absolute Gasteiger partial charge is 0.496 e. The second-order valence-corrected chi connectivity index (χ2v) is 8.11. The van der Waals surface area contributed by atoms with Crippen molar-refractivity contribution in [1.82, 2.24) is 4.98 Å². The van der Waals surface area contributed by atoms with Gasteiger partial charge in [0.2, 0.25) is 0 Å². The lowest BCUT2D eigenvalue weighted by Crippen LogP contribution is -2.41. The first-order valence-electron chi connectivity index (χ1n) is 8.22. The first kappa shape index (κ1) is 15.8. The molecule has 120 valence electrons. The van der Waals surface area contributed by atoms with Gasteiger partial charge in [0, 0.05) is 23.7 Å². The highest BCUT2D eigenvalue weighted by Gasteiger charge is 2.51. The summed E-state index contributed by atoms with van der Waals surface area (Å²) in [6.07, 6.45) is 4.34. The molecule has 5 heteroatoms. The molecule has 0 saturated carbocycles. The van der Waals surface area contributed by atoms with Crippen molar-refractivity contribution in [1.29, 1.82) is 0 Å². The lowest BCUT2D eigenvalue weighted by Gasteiger charge is -2.32. The van der Waals surface area contributed by atoms with Crippen molar-refractivity contribution in [2.45, 2.75) is 71.1 Å². The van der Waals surface area contributed by atoms with E-state index in [0.29, 0.717) is 0 Å². The molecule has 0 aliphatic carbocycles. The summed E-state index contributed by atoms with van der Waals surface area (Å²) in [5.74, 6) is 1.04. The maximum absolute atomic E-state index is 6.08. The van der Waals surface area contributed by atoms with E-state index in [9.17, 15) is 0 Å². The van der Waals surface area contributed by atoms with E-state index in [0.717, 1.165) is 17.8 Å². The Labute approximate surface area is 134 Å². The maximum Gasteiger partial charge on any atom is 0.496 e. The third-order valence-corrected chi connectivity index (χ3v) is 5.47. The summed E-state index contributed by atoms with van der Waals surface area (Å²) in [7, 11) is -0.335. The summed E-state index contributed by atoms with van der Waals surface area (Å²) in [5.41, 5.74) is 0.554. The van der Waals surface area contributed by atoms with Crippen LogP contribution in [0.15, 0.2) is 18.3 Å². The lowest BCUT2D eigenvalue weighted by molar-refractivity contribution is 0.00578. The molecule has 0 N–H and O–H groups in total. The maximum atomic E-state index is 6.08. The van der Waals surface area contributed by atoms with Gasteiger partial charge in [-0.2, -0.15) is 0 Å². The van der Waals surface area contributed by atoms with Crippen LogP contribution in [0.4, 0.5) is 5.82 Å². The zero-order valence-corrected chi connectivity index (χ0v) is 14.6. The molecule has 0 amide bonds. The highest BCUT2D eigenvalue weighted by molar-refractivity contribution is 6.62. The second kappa shape index (κ2) is 4.97. The van der Waals surface area contributed by atoms with E-state index in [4.69, 9.17) is 9.31 Å². The van der Waals surface area contributed by atoms with Crippen LogP contribution in [0.1, 0.15) is 54.4 Å². The number of rotatable bonds is 2. The zero-order chi connectivity index (χ0) is 16.2. The molecule has 0 spiro atoms. The molecule has 3 rings (SSSR count). The molecule has 1 aromatic rings. The van der Waals surface area contributed by atoms with Gasteiger partial charge in [-0.1, -0.05) is 6.07 Å². The molecule has 0 bridgehead atoms. The van der Waals surface area contributed by atoms with Gasteiger partial charge >= 0.3 is 7.12 Å². The van der Waals surface area contributed by atoms with E-state index < -0.39 is 0 Å². The van der Waals surface area contributed by atoms with Crippen molar-refractivity contribution < 1.29 is 9.31 Å². The van der Waals surface area contributed by atoms with E-state index in [1.54, 1.807) is 0 Å². The summed E-state index contributed by atoms with van der Waals surface area (Å²) in [5, 5.41) is 0. The summed E-state index contributed by atoms with van der Waals surface area (Å²) in [6, 6.07) is 4.17. The molecule has 0 radical (unpaired) electrons. The second-order valence-electron chi connectivity index (χ2n) is 8.11.